The van der Waals surface area contributed by atoms with E-state index in [1.54, 1.807) is 24.3 Å². The van der Waals surface area contributed by atoms with Crippen LogP contribution in [0, 0.1) is 17.0 Å². The van der Waals surface area contributed by atoms with E-state index in [9.17, 15) is 15.2 Å². The summed E-state index contributed by atoms with van der Waals surface area (Å²) in [6.07, 6.45) is -0.398. The third-order valence-electron chi connectivity index (χ3n) is 4.66. The quantitative estimate of drug-likeness (QED) is 0.331. The molecule has 0 amide bonds. The van der Waals surface area contributed by atoms with Crippen LogP contribution in [-0.2, 0) is 0 Å². The number of hydrogen-bond donors (Lipinski definition) is 2. The van der Waals surface area contributed by atoms with E-state index < -0.39 is 11.0 Å². The van der Waals surface area contributed by atoms with Crippen molar-refractivity contribution >= 4 is 34.6 Å². The number of rotatable bonds is 7. The molecule has 0 bridgehead atoms. The number of aliphatic hydroxyl groups excluding tert-OH is 1. The van der Waals surface area contributed by atoms with Crippen LogP contribution in [0.25, 0.3) is 0 Å². The van der Waals surface area contributed by atoms with Crippen molar-refractivity contribution < 1.29 is 10.0 Å². The highest BCUT2D eigenvalue weighted by Gasteiger charge is 2.20. The number of non-ortho nitro benzene ring substituents is 1. The highest BCUT2D eigenvalue weighted by molar-refractivity contribution is 6.42. The Hall–Kier alpha value is -2.60. The normalized spacial score (nSPS) is 13.0. The highest BCUT2D eigenvalue weighted by Crippen LogP contribution is 2.33. The first kappa shape index (κ1) is 21.1. The maximum atomic E-state index is 11.1. The van der Waals surface area contributed by atoms with E-state index in [4.69, 9.17) is 23.2 Å². The zero-order valence-electron chi connectivity index (χ0n) is 15.7. The van der Waals surface area contributed by atoms with Crippen LogP contribution < -0.4 is 5.32 Å². The first-order valence-corrected chi connectivity index (χ1v) is 9.79. The highest BCUT2D eigenvalue weighted by atomic mass is 35.5. The fourth-order valence-corrected chi connectivity index (χ4v) is 3.37. The summed E-state index contributed by atoms with van der Waals surface area (Å²) in [6, 6.07) is 18.8. The largest absolute Gasteiger partial charge is 0.388 e. The molecule has 0 radical (unpaired) electrons. The first-order valence-electron chi connectivity index (χ1n) is 9.04. The van der Waals surface area contributed by atoms with Gasteiger partial charge < -0.3 is 10.4 Å². The second kappa shape index (κ2) is 9.27. The van der Waals surface area contributed by atoms with Crippen LogP contribution in [0.1, 0.15) is 35.3 Å². The summed E-state index contributed by atoms with van der Waals surface area (Å²) in [6.45, 7) is 1.98. The van der Waals surface area contributed by atoms with Crippen LogP contribution in [0.2, 0.25) is 10.0 Å². The average molecular weight is 431 g/mol. The fourth-order valence-electron chi connectivity index (χ4n) is 3.07. The summed E-state index contributed by atoms with van der Waals surface area (Å²) >= 11 is 12.2. The molecule has 29 heavy (non-hydrogen) atoms. The van der Waals surface area contributed by atoms with Gasteiger partial charge in [0.2, 0.25) is 0 Å². The molecular weight excluding hydrogens is 411 g/mol. The molecule has 0 aliphatic carbocycles. The Morgan fingerprint density at radius 3 is 2.34 bits per heavy atom. The number of nitrogens with one attached hydrogen (secondary N) is 1. The lowest BCUT2D eigenvalue weighted by molar-refractivity contribution is -0.384. The molecule has 0 spiro atoms. The standard InChI is InChI=1S/C22H20Cl2N2O3/c1-14-5-7-15(8-6-14)22(27)13-21(16-9-10-19(23)20(24)11-16)25-17-3-2-4-18(12-17)26(28)29/h2-12,21-22,25,27H,13H2,1H3. The first-order chi connectivity index (χ1) is 13.8. The molecule has 2 atom stereocenters. The molecule has 2 unspecified atom stereocenters. The van der Waals surface area contributed by atoms with E-state index in [0.717, 1.165) is 16.7 Å². The lowest BCUT2D eigenvalue weighted by atomic mass is 9.96. The second-order valence-electron chi connectivity index (χ2n) is 6.84. The van der Waals surface area contributed by atoms with Gasteiger partial charge in [-0.3, -0.25) is 10.1 Å². The van der Waals surface area contributed by atoms with Crippen molar-refractivity contribution in [1.82, 2.24) is 0 Å². The third kappa shape index (κ3) is 5.48. The Bertz CT molecular complexity index is 1010. The summed E-state index contributed by atoms with van der Waals surface area (Å²) in [5.74, 6) is 0. The zero-order chi connectivity index (χ0) is 21.0. The van der Waals surface area contributed by atoms with Gasteiger partial charge in [-0.1, -0.05) is 65.2 Å². The van der Waals surface area contributed by atoms with E-state index in [1.807, 2.05) is 37.3 Å². The van der Waals surface area contributed by atoms with E-state index in [2.05, 4.69) is 5.32 Å². The predicted molar refractivity (Wildman–Crippen MR) is 117 cm³/mol. The van der Waals surface area contributed by atoms with Gasteiger partial charge in [0.1, 0.15) is 0 Å². The Kier molecular flexibility index (Phi) is 6.75. The Balaban J connectivity index is 1.90. The molecule has 0 aliphatic heterocycles. The van der Waals surface area contributed by atoms with Gasteiger partial charge in [0, 0.05) is 24.2 Å². The summed E-state index contributed by atoms with van der Waals surface area (Å²) in [5, 5.41) is 26.0. The van der Waals surface area contributed by atoms with Crippen molar-refractivity contribution in [3.63, 3.8) is 0 Å². The topological polar surface area (TPSA) is 75.4 Å². The molecule has 3 rings (SSSR count). The number of anilines is 1. The lowest BCUT2D eigenvalue weighted by Crippen LogP contribution is -2.15. The van der Waals surface area contributed by atoms with Crippen molar-refractivity contribution in [3.8, 4) is 0 Å². The smallest absolute Gasteiger partial charge is 0.271 e. The van der Waals surface area contributed by atoms with Crippen LogP contribution in [-0.4, -0.2) is 10.0 Å². The minimum absolute atomic E-state index is 0.0121. The van der Waals surface area contributed by atoms with Crippen molar-refractivity contribution in [3.05, 3.63) is 104 Å². The Labute approximate surface area is 179 Å². The maximum absolute atomic E-state index is 11.1. The molecule has 2 N–H and O–H groups in total. The van der Waals surface area contributed by atoms with Crippen LogP contribution in [0.15, 0.2) is 66.7 Å². The third-order valence-corrected chi connectivity index (χ3v) is 5.40. The number of aliphatic hydroxyl groups is 1. The van der Waals surface area contributed by atoms with Crippen molar-refractivity contribution in [1.29, 1.82) is 0 Å². The number of halogens is 2. The summed E-state index contributed by atoms with van der Waals surface area (Å²) in [4.78, 5) is 10.6. The molecule has 0 fully saturated rings. The van der Waals surface area contributed by atoms with Gasteiger partial charge >= 0.3 is 0 Å². The molecule has 0 aliphatic rings. The van der Waals surface area contributed by atoms with Crippen molar-refractivity contribution in [2.45, 2.75) is 25.5 Å². The number of nitro groups is 1. The molecule has 3 aromatic rings. The van der Waals surface area contributed by atoms with Crippen LogP contribution in [0.3, 0.4) is 0 Å². The second-order valence-corrected chi connectivity index (χ2v) is 7.65. The molecule has 0 aromatic heterocycles. The van der Waals surface area contributed by atoms with Gasteiger partial charge in [0.05, 0.1) is 27.1 Å². The van der Waals surface area contributed by atoms with E-state index in [1.165, 1.54) is 12.1 Å². The molecule has 7 heteroatoms. The van der Waals surface area contributed by atoms with E-state index in [0.29, 0.717) is 22.2 Å². The van der Waals surface area contributed by atoms with Crippen molar-refractivity contribution in [2.24, 2.45) is 0 Å². The lowest BCUT2D eigenvalue weighted by Gasteiger charge is -2.24. The molecule has 0 heterocycles. The minimum Gasteiger partial charge on any atom is -0.388 e. The van der Waals surface area contributed by atoms with Gasteiger partial charge in [-0.25, -0.2) is 0 Å². The number of hydrogen-bond acceptors (Lipinski definition) is 4. The van der Waals surface area contributed by atoms with E-state index in [-0.39, 0.29) is 11.7 Å². The van der Waals surface area contributed by atoms with Gasteiger partial charge in [0.25, 0.3) is 5.69 Å². The molecule has 3 aromatic carbocycles. The van der Waals surface area contributed by atoms with Crippen molar-refractivity contribution in [2.75, 3.05) is 5.32 Å². The molecule has 0 saturated carbocycles. The predicted octanol–water partition coefficient (Wildman–Crippen LogP) is 6.49. The maximum Gasteiger partial charge on any atom is 0.271 e. The minimum atomic E-state index is -0.735. The van der Waals surface area contributed by atoms with Crippen LogP contribution in [0.5, 0.6) is 0 Å². The fraction of sp³-hybridized carbons (Fsp3) is 0.182. The Morgan fingerprint density at radius 1 is 1.00 bits per heavy atom. The Morgan fingerprint density at radius 2 is 1.69 bits per heavy atom. The SMILES string of the molecule is Cc1ccc(C(O)CC(Nc2cccc([N+](=O)[O-])c2)c2ccc(Cl)c(Cl)c2)cc1. The van der Waals surface area contributed by atoms with Crippen LogP contribution >= 0.6 is 23.2 Å². The number of aryl methyl sites for hydroxylation is 1. The van der Waals surface area contributed by atoms with Gasteiger partial charge in [-0.05, 0) is 36.2 Å². The van der Waals surface area contributed by atoms with E-state index >= 15 is 0 Å². The van der Waals surface area contributed by atoms with Gasteiger partial charge in [-0.15, -0.1) is 0 Å². The number of benzene rings is 3. The monoisotopic (exact) mass is 430 g/mol. The van der Waals surface area contributed by atoms with Gasteiger partial charge in [0.15, 0.2) is 0 Å². The van der Waals surface area contributed by atoms with Gasteiger partial charge in [-0.2, -0.15) is 0 Å². The molecular formula is C22H20Cl2N2O3. The summed E-state index contributed by atoms with van der Waals surface area (Å²) in [7, 11) is 0. The molecule has 0 saturated heterocycles. The average Bonchev–Trinajstić information content (AvgIpc) is 2.70. The number of nitrogens with zero attached hydrogens (tertiary/aromatic N) is 1. The van der Waals surface area contributed by atoms with Crippen LogP contribution in [0.4, 0.5) is 11.4 Å². The summed E-state index contributed by atoms with van der Waals surface area (Å²) < 4.78 is 0. The zero-order valence-corrected chi connectivity index (χ0v) is 17.2. The summed E-state index contributed by atoms with van der Waals surface area (Å²) in [5.41, 5.74) is 3.28. The number of nitro benzene ring substituents is 1. The molecule has 150 valence electrons. The molecule has 5 nitrogen and oxygen atoms in total.